The number of carbonyl (C=O) groups is 2. The highest BCUT2D eigenvalue weighted by atomic mass is 32.1. The van der Waals surface area contributed by atoms with Crippen molar-refractivity contribution in [2.75, 3.05) is 25.5 Å². The van der Waals surface area contributed by atoms with Crippen LogP contribution in [-0.2, 0) is 4.79 Å². The Morgan fingerprint density at radius 3 is 2.53 bits per heavy atom. The quantitative estimate of drug-likeness (QED) is 0.624. The van der Waals surface area contributed by atoms with Crippen molar-refractivity contribution < 1.29 is 14.3 Å². The molecule has 0 spiro atoms. The van der Waals surface area contributed by atoms with Gasteiger partial charge in [0.25, 0.3) is 5.91 Å². The Morgan fingerprint density at radius 1 is 1.17 bits per heavy atom. The topological polar surface area (TPSA) is 71.5 Å². The molecule has 2 amide bonds. The summed E-state index contributed by atoms with van der Waals surface area (Å²) >= 11 is 2.93. The summed E-state index contributed by atoms with van der Waals surface area (Å²) in [5, 5.41) is 5.50. The first kappa shape index (κ1) is 20.6. The monoisotopic (exact) mass is 441 g/mol. The number of aromatic nitrogens is 1. The number of hydrogen-bond acceptors (Lipinski definition) is 6. The van der Waals surface area contributed by atoms with Crippen molar-refractivity contribution in [3.8, 4) is 17.0 Å². The van der Waals surface area contributed by atoms with E-state index in [1.807, 2.05) is 53.6 Å². The number of ether oxygens (including phenoxy) is 1. The minimum atomic E-state index is -0.106. The lowest BCUT2D eigenvalue weighted by molar-refractivity contribution is -0.121. The lowest BCUT2D eigenvalue weighted by atomic mass is 9.96. The molecule has 8 heteroatoms. The SMILES string of the molecule is COc1ccc(-c2nc(NC(=O)C3CCN(C(=O)c4cccs4)CC3)sc2C)cc1. The second-order valence-electron chi connectivity index (χ2n) is 7.19. The van der Waals surface area contributed by atoms with Gasteiger partial charge in [-0.15, -0.1) is 22.7 Å². The average Bonchev–Trinajstić information content (AvgIpc) is 3.43. The molecule has 2 aromatic heterocycles. The molecule has 1 saturated heterocycles. The van der Waals surface area contributed by atoms with Crippen LogP contribution in [0, 0.1) is 12.8 Å². The van der Waals surface area contributed by atoms with Gasteiger partial charge >= 0.3 is 0 Å². The van der Waals surface area contributed by atoms with Gasteiger partial charge < -0.3 is 15.0 Å². The summed E-state index contributed by atoms with van der Waals surface area (Å²) in [4.78, 5) is 33.5. The number of thiazole rings is 1. The first-order valence-corrected chi connectivity index (χ1v) is 11.5. The molecule has 0 aliphatic carbocycles. The third-order valence-corrected chi connectivity index (χ3v) is 7.02. The van der Waals surface area contributed by atoms with Crippen molar-refractivity contribution in [1.82, 2.24) is 9.88 Å². The van der Waals surface area contributed by atoms with Crippen LogP contribution in [0.3, 0.4) is 0 Å². The molecular weight excluding hydrogens is 418 g/mol. The molecule has 3 heterocycles. The van der Waals surface area contributed by atoms with Crippen molar-refractivity contribution >= 4 is 39.6 Å². The summed E-state index contributed by atoms with van der Waals surface area (Å²) < 4.78 is 5.20. The van der Waals surface area contributed by atoms with Crippen LogP contribution in [0.4, 0.5) is 5.13 Å². The number of nitrogens with one attached hydrogen (secondary N) is 1. The van der Waals surface area contributed by atoms with Crippen LogP contribution < -0.4 is 10.1 Å². The second-order valence-corrected chi connectivity index (χ2v) is 9.34. The number of benzene rings is 1. The van der Waals surface area contributed by atoms with Crippen LogP contribution >= 0.6 is 22.7 Å². The number of hydrogen-bond donors (Lipinski definition) is 1. The highest BCUT2D eigenvalue weighted by Crippen LogP contribution is 2.32. The van der Waals surface area contributed by atoms with E-state index in [1.165, 1.54) is 22.7 Å². The molecular formula is C22H23N3O3S2. The maximum absolute atomic E-state index is 12.8. The van der Waals surface area contributed by atoms with Crippen molar-refractivity contribution in [3.63, 3.8) is 0 Å². The number of piperidine rings is 1. The third-order valence-electron chi connectivity index (χ3n) is 5.28. The van der Waals surface area contributed by atoms with Gasteiger partial charge in [0, 0.05) is 29.4 Å². The highest BCUT2D eigenvalue weighted by molar-refractivity contribution is 7.16. The number of anilines is 1. The van der Waals surface area contributed by atoms with E-state index >= 15 is 0 Å². The molecule has 156 valence electrons. The lowest BCUT2D eigenvalue weighted by Gasteiger charge is -2.30. The van der Waals surface area contributed by atoms with Crippen molar-refractivity contribution in [1.29, 1.82) is 0 Å². The Bertz CT molecular complexity index is 1020. The summed E-state index contributed by atoms with van der Waals surface area (Å²) in [6.45, 7) is 3.20. The number of amides is 2. The number of carbonyl (C=O) groups excluding carboxylic acids is 2. The van der Waals surface area contributed by atoms with E-state index in [9.17, 15) is 9.59 Å². The van der Waals surface area contributed by atoms with Gasteiger partial charge in [-0.2, -0.15) is 0 Å². The van der Waals surface area contributed by atoms with E-state index in [0.717, 1.165) is 26.8 Å². The fraction of sp³-hybridized carbons (Fsp3) is 0.318. The van der Waals surface area contributed by atoms with E-state index in [-0.39, 0.29) is 17.7 Å². The molecule has 1 fully saturated rings. The molecule has 3 aromatic rings. The number of thiophene rings is 1. The fourth-order valence-corrected chi connectivity index (χ4v) is 5.10. The molecule has 0 atom stereocenters. The molecule has 0 bridgehead atoms. The first-order valence-electron chi connectivity index (χ1n) is 9.80. The van der Waals surface area contributed by atoms with Crippen molar-refractivity contribution in [2.45, 2.75) is 19.8 Å². The minimum Gasteiger partial charge on any atom is -0.497 e. The first-order chi connectivity index (χ1) is 14.5. The predicted molar refractivity (Wildman–Crippen MR) is 120 cm³/mol. The molecule has 0 unspecified atom stereocenters. The summed E-state index contributed by atoms with van der Waals surface area (Å²) in [6.07, 6.45) is 1.33. The zero-order valence-corrected chi connectivity index (χ0v) is 18.5. The maximum atomic E-state index is 12.8. The largest absolute Gasteiger partial charge is 0.497 e. The van der Waals surface area contributed by atoms with E-state index in [1.54, 1.807) is 7.11 Å². The number of nitrogens with zero attached hydrogens (tertiary/aromatic N) is 2. The van der Waals surface area contributed by atoms with Crippen LogP contribution in [0.5, 0.6) is 5.75 Å². The molecule has 4 rings (SSSR count). The van der Waals surface area contributed by atoms with Gasteiger partial charge in [0.15, 0.2) is 5.13 Å². The van der Waals surface area contributed by atoms with Gasteiger partial charge in [-0.25, -0.2) is 4.98 Å². The Labute approximate surface area is 183 Å². The van der Waals surface area contributed by atoms with Crippen molar-refractivity contribution in [2.24, 2.45) is 5.92 Å². The van der Waals surface area contributed by atoms with E-state index < -0.39 is 0 Å². The van der Waals surface area contributed by atoms with Crippen LogP contribution in [-0.4, -0.2) is 41.9 Å². The molecule has 6 nitrogen and oxygen atoms in total. The maximum Gasteiger partial charge on any atom is 0.263 e. The summed E-state index contributed by atoms with van der Waals surface area (Å²) in [5.41, 5.74) is 1.86. The number of rotatable bonds is 5. The standard InChI is InChI=1S/C22H23N3O3S2/c1-14-19(15-5-7-17(28-2)8-6-15)23-22(30-14)24-20(26)16-9-11-25(12-10-16)21(27)18-4-3-13-29-18/h3-8,13,16H,9-12H2,1-2H3,(H,23,24,26). The normalized spacial score (nSPS) is 14.5. The van der Waals surface area contributed by atoms with Gasteiger partial charge in [0.1, 0.15) is 5.75 Å². The number of methoxy groups -OCH3 is 1. The second kappa shape index (κ2) is 8.97. The number of aryl methyl sites for hydroxylation is 1. The molecule has 0 radical (unpaired) electrons. The Morgan fingerprint density at radius 2 is 1.90 bits per heavy atom. The van der Waals surface area contributed by atoms with E-state index in [0.29, 0.717) is 31.1 Å². The Balaban J connectivity index is 1.36. The third kappa shape index (κ3) is 4.39. The predicted octanol–water partition coefficient (Wildman–Crippen LogP) is 4.68. The molecule has 1 aromatic carbocycles. The van der Waals surface area contributed by atoms with Crippen LogP contribution in [0.2, 0.25) is 0 Å². The fourth-order valence-electron chi connectivity index (χ4n) is 3.57. The van der Waals surface area contributed by atoms with Crippen LogP contribution in [0.15, 0.2) is 41.8 Å². The van der Waals surface area contributed by atoms with Gasteiger partial charge in [0.2, 0.25) is 5.91 Å². The average molecular weight is 442 g/mol. The van der Waals surface area contributed by atoms with E-state index in [4.69, 9.17) is 4.74 Å². The summed E-state index contributed by atoms with van der Waals surface area (Å²) in [7, 11) is 1.64. The Hall–Kier alpha value is -2.71. The zero-order chi connectivity index (χ0) is 21.1. The number of likely N-dealkylation sites (tertiary alicyclic amines) is 1. The lowest BCUT2D eigenvalue weighted by Crippen LogP contribution is -2.41. The smallest absolute Gasteiger partial charge is 0.263 e. The van der Waals surface area contributed by atoms with Gasteiger partial charge in [-0.1, -0.05) is 6.07 Å². The molecule has 0 saturated carbocycles. The van der Waals surface area contributed by atoms with Crippen LogP contribution in [0.1, 0.15) is 27.4 Å². The van der Waals surface area contributed by atoms with E-state index in [2.05, 4.69) is 10.3 Å². The Kier molecular flexibility index (Phi) is 6.15. The molecule has 1 aliphatic heterocycles. The zero-order valence-electron chi connectivity index (χ0n) is 16.9. The minimum absolute atomic E-state index is 0.0201. The van der Waals surface area contributed by atoms with Gasteiger partial charge in [-0.3, -0.25) is 9.59 Å². The highest BCUT2D eigenvalue weighted by Gasteiger charge is 2.28. The summed E-state index contributed by atoms with van der Waals surface area (Å²) in [5.74, 6) is 0.729. The van der Waals surface area contributed by atoms with Gasteiger partial charge in [-0.05, 0) is 55.5 Å². The van der Waals surface area contributed by atoms with Crippen molar-refractivity contribution in [3.05, 3.63) is 51.5 Å². The van der Waals surface area contributed by atoms with Crippen LogP contribution in [0.25, 0.3) is 11.3 Å². The molecule has 1 N–H and O–H groups in total. The van der Waals surface area contributed by atoms with Gasteiger partial charge in [0.05, 0.1) is 17.7 Å². The molecule has 30 heavy (non-hydrogen) atoms. The summed E-state index contributed by atoms with van der Waals surface area (Å²) in [6, 6.07) is 11.5. The molecule has 1 aliphatic rings.